The van der Waals surface area contributed by atoms with Crippen LogP contribution in [-0.2, 0) is 4.79 Å². The van der Waals surface area contributed by atoms with E-state index in [-0.39, 0.29) is 12.2 Å². The fourth-order valence-corrected chi connectivity index (χ4v) is 2.95. The third-order valence-corrected chi connectivity index (χ3v) is 4.16. The molecule has 0 aliphatic carbocycles. The number of nitrogens with zero attached hydrogens (tertiary/aromatic N) is 1. The monoisotopic (exact) mass is 268 g/mol. The lowest BCUT2D eigenvalue weighted by Gasteiger charge is -2.30. The van der Waals surface area contributed by atoms with Crippen molar-refractivity contribution in [1.82, 2.24) is 10.2 Å². The van der Waals surface area contributed by atoms with Crippen LogP contribution in [0.4, 0.5) is 0 Å². The molecule has 112 valence electrons. The van der Waals surface area contributed by atoms with Crippen LogP contribution in [0.5, 0.6) is 0 Å². The van der Waals surface area contributed by atoms with Crippen molar-refractivity contribution in [3.8, 4) is 0 Å². The quantitative estimate of drug-likeness (QED) is 0.767. The molecule has 0 aromatic rings. The molecule has 0 spiro atoms. The normalized spacial score (nSPS) is 25.7. The number of hydrogen-bond donors (Lipinski definition) is 1. The van der Waals surface area contributed by atoms with Gasteiger partial charge in [0.05, 0.1) is 12.2 Å². The second kappa shape index (κ2) is 7.28. The molecule has 1 heterocycles. The standard InChI is InChI=1S/C16H32N2O/c1-7-14-17-15(12(4)5)16(19)18(14)13(6)10-8-9-11(2)3/h11-15,17H,7-10H2,1-6H3. The molecule has 1 saturated heterocycles. The summed E-state index contributed by atoms with van der Waals surface area (Å²) in [6, 6.07) is 0.366. The molecule has 0 radical (unpaired) electrons. The van der Waals surface area contributed by atoms with Gasteiger partial charge < -0.3 is 4.90 Å². The van der Waals surface area contributed by atoms with Gasteiger partial charge in [-0.05, 0) is 31.6 Å². The molecule has 3 heteroatoms. The molecule has 0 aromatic heterocycles. The van der Waals surface area contributed by atoms with Crippen molar-refractivity contribution >= 4 is 5.91 Å². The van der Waals surface area contributed by atoms with E-state index in [1.165, 1.54) is 12.8 Å². The Balaban J connectivity index is 2.60. The minimum atomic E-state index is 0.0116. The minimum absolute atomic E-state index is 0.0116. The maximum Gasteiger partial charge on any atom is 0.241 e. The van der Waals surface area contributed by atoms with Gasteiger partial charge in [-0.15, -0.1) is 0 Å². The number of amides is 1. The third kappa shape index (κ3) is 4.20. The Morgan fingerprint density at radius 2 is 1.79 bits per heavy atom. The lowest BCUT2D eigenvalue weighted by molar-refractivity contribution is -0.132. The Kier molecular flexibility index (Phi) is 6.31. The van der Waals surface area contributed by atoms with Crippen molar-refractivity contribution in [2.75, 3.05) is 0 Å². The van der Waals surface area contributed by atoms with Crippen LogP contribution in [0.1, 0.15) is 67.2 Å². The summed E-state index contributed by atoms with van der Waals surface area (Å²) in [5, 5.41) is 3.50. The van der Waals surface area contributed by atoms with Crippen LogP contribution in [0.2, 0.25) is 0 Å². The second-order valence-corrected chi connectivity index (χ2v) is 6.73. The molecule has 1 aliphatic rings. The maximum atomic E-state index is 12.5. The smallest absolute Gasteiger partial charge is 0.241 e. The van der Waals surface area contributed by atoms with E-state index in [2.05, 4.69) is 51.8 Å². The lowest BCUT2D eigenvalue weighted by atomic mass is 10.0. The van der Waals surface area contributed by atoms with Crippen molar-refractivity contribution in [3.63, 3.8) is 0 Å². The molecule has 3 nitrogen and oxygen atoms in total. The Morgan fingerprint density at radius 1 is 1.16 bits per heavy atom. The van der Waals surface area contributed by atoms with Crippen LogP contribution >= 0.6 is 0 Å². The first kappa shape index (κ1) is 16.5. The first-order chi connectivity index (χ1) is 8.88. The Bertz CT molecular complexity index is 288. The van der Waals surface area contributed by atoms with Crippen LogP contribution in [0.3, 0.4) is 0 Å². The van der Waals surface area contributed by atoms with E-state index in [1.807, 2.05) is 0 Å². The van der Waals surface area contributed by atoms with E-state index < -0.39 is 0 Å². The van der Waals surface area contributed by atoms with Crippen molar-refractivity contribution in [2.24, 2.45) is 11.8 Å². The van der Waals surface area contributed by atoms with E-state index in [4.69, 9.17) is 0 Å². The van der Waals surface area contributed by atoms with Gasteiger partial charge in [-0.2, -0.15) is 0 Å². The summed E-state index contributed by atoms with van der Waals surface area (Å²) in [6.45, 7) is 13.1. The minimum Gasteiger partial charge on any atom is -0.323 e. The van der Waals surface area contributed by atoms with Crippen molar-refractivity contribution in [2.45, 2.75) is 85.5 Å². The topological polar surface area (TPSA) is 32.3 Å². The van der Waals surface area contributed by atoms with Crippen LogP contribution in [-0.4, -0.2) is 29.1 Å². The molecule has 1 amide bonds. The second-order valence-electron chi connectivity index (χ2n) is 6.73. The van der Waals surface area contributed by atoms with E-state index in [0.29, 0.717) is 17.9 Å². The molecule has 1 aliphatic heterocycles. The average molecular weight is 268 g/mol. The van der Waals surface area contributed by atoms with Crippen molar-refractivity contribution < 1.29 is 4.79 Å². The Hall–Kier alpha value is -0.570. The summed E-state index contributed by atoms with van der Waals surface area (Å²) in [5.41, 5.74) is 0. The van der Waals surface area contributed by atoms with E-state index in [1.54, 1.807) is 0 Å². The summed E-state index contributed by atoms with van der Waals surface area (Å²) in [7, 11) is 0. The van der Waals surface area contributed by atoms with Crippen molar-refractivity contribution in [3.05, 3.63) is 0 Å². The number of carbonyl (C=O) groups is 1. The van der Waals surface area contributed by atoms with Gasteiger partial charge in [-0.3, -0.25) is 10.1 Å². The number of rotatable bonds is 7. The number of hydrogen-bond acceptors (Lipinski definition) is 2. The first-order valence-electron chi connectivity index (χ1n) is 7.96. The lowest BCUT2D eigenvalue weighted by Crippen LogP contribution is -2.43. The highest BCUT2D eigenvalue weighted by Gasteiger charge is 2.41. The first-order valence-corrected chi connectivity index (χ1v) is 7.96. The summed E-state index contributed by atoms with van der Waals surface area (Å²) in [6.07, 6.45) is 4.81. The van der Waals surface area contributed by atoms with Gasteiger partial charge in [-0.1, -0.05) is 47.5 Å². The van der Waals surface area contributed by atoms with Crippen molar-refractivity contribution in [1.29, 1.82) is 0 Å². The van der Waals surface area contributed by atoms with Gasteiger partial charge in [0.2, 0.25) is 5.91 Å². The zero-order chi connectivity index (χ0) is 14.6. The van der Waals surface area contributed by atoms with Crippen LogP contribution in [0.25, 0.3) is 0 Å². The Labute approximate surface area is 119 Å². The summed E-state index contributed by atoms with van der Waals surface area (Å²) in [4.78, 5) is 14.6. The predicted octanol–water partition coefficient (Wildman–Crippen LogP) is 3.39. The zero-order valence-electron chi connectivity index (χ0n) is 13.6. The highest BCUT2D eigenvalue weighted by Crippen LogP contribution is 2.24. The molecule has 0 bridgehead atoms. The summed E-state index contributed by atoms with van der Waals surface area (Å²) in [5.74, 6) is 1.43. The predicted molar refractivity (Wildman–Crippen MR) is 80.8 cm³/mol. The largest absolute Gasteiger partial charge is 0.323 e. The molecular weight excluding hydrogens is 236 g/mol. The highest BCUT2D eigenvalue weighted by atomic mass is 16.2. The van der Waals surface area contributed by atoms with Gasteiger partial charge in [0.15, 0.2) is 0 Å². The van der Waals surface area contributed by atoms with Crippen LogP contribution in [0.15, 0.2) is 0 Å². The summed E-state index contributed by atoms with van der Waals surface area (Å²) >= 11 is 0. The van der Waals surface area contributed by atoms with Gasteiger partial charge >= 0.3 is 0 Å². The number of carbonyl (C=O) groups excluding carboxylic acids is 1. The fourth-order valence-electron chi connectivity index (χ4n) is 2.95. The molecule has 0 aromatic carbocycles. The van der Waals surface area contributed by atoms with Gasteiger partial charge in [0, 0.05) is 6.04 Å². The molecule has 0 saturated carbocycles. The van der Waals surface area contributed by atoms with E-state index >= 15 is 0 Å². The average Bonchev–Trinajstić information content (AvgIpc) is 2.65. The van der Waals surface area contributed by atoms with Gasteiger partial charge in [-0.25, -0.2) is 0 Å². The van der Waals surface area contributed by atoms with E-state index in [9.17, 15) is 4.79 Å². The zero-order valence-corrected chi connectivity index (χ0v) is 13.6. The molecule has 1 fully saturated rings. The highest BCUT2D eigenvalue weighted by molar-refractivity contribution is 5.84. The molecule has 19 heavy (non-hydrogen) atoms. The van der Waals surface area contributed by atoms with Crippen LogP contribution < -0.4 is 5.32 Å². The van der Waals surface area contributed by atoms with E-state index in [0.717, 1.165) is 18.8 Å². The maximum absolute atomic E-state index is 12.5. The molecular formula is C16H32N2O. The molecule has 1 rings (SSSR count). The molecule has 3 unspecified atom stereocenters. The summed E-state index contributed by atoms with van der Waals surface area (Å²) < 4.78 is 0. The van der Waals surface area contributed by atoms with Gasteiger partial charge in [0.1, 0.15) is 0 Å². The van der Waals surface area contributed by atoms with Gasteiger partial charge in [0.25, 0.3) is 0 Å². The Morgan fingerprint density at radius 3 is 2.26 bits per heavy atom. The third-order valence-electron chi connectivity index (χ3n) is 4.16. The SMILES string of the molecule is CCC1NC(C(C)C)C(=O)N1C(C)CCCC(C)C. The fraction of sp³-hybridized carbons (Fsp3) is 0.938. The number of nitrogens with one attached hydrogen (secondary N) is 1. The molecule has 3 atom stereocenters. The molecule has 1 N–H and O–H groups in total. The van der Waals surface area contributed by atoms with Crippen LogP contribution in [0, 0.1) is 11.8 Å².